The Morgan fingerprint density at radius 2 is 0.745 bits per heavy atom. The van der Waals surface area contributed by atoms with Crippen molar-refractivity contribution in [1.29, 1.82) is 0 Å². The maximum atomic E-state index is 12.6. The number of aliphatic hydroxyl groups is 1. The van der Waals surface area contributed by atoms with Gasteiger partial charge in [0.15, 0.2) is 12.2 Å². The summed E-state index contributed by atoms with van der Waals surface area (Å²) in [6.07, 6.45) is 9.02. The highest BCUT2D eigenvalue weighted by Crippen LogP contribution is 2.45. The molecule has 0 radical (unpaired) electrons. The smallest absolute Gasteiger partial charge is 0.462 e. The summed E-state index contributed by atoms with van der Waals surface area (Å²) < 4.78 is 65.4. The van der Waals surface area contributed by atoms with Crippen molar-refractivity contribution in [3.05, 3.63) is 0 Å². The third-order valence-electron chi connectivity index (χ3n) is 7.85. The van der Waals surface area contributed by atoms with Crippen LogP contribution in [-0.2, 0) is 65.4 Å². The van der Waals surface area contributed by atoms with Crippen LogP contribution in [0.25, 0.3) is 0 Å². The van der Waals surface area contributed by atoms with Gasteiger partial charge in [0.2, 0.25) is 0 Å². The number of esters is 4. The predicted octanol–water partition coefficient (Wildman–Crippen LogP) is 7.02. The number of carbonyl (C=O) groups is 4. The molecule has 2 unspecified atom stereocenters. The van der Waals surface area contributed by atoms with Crippen LogP contribution in [0.2, 0.25) is 0 Å². The number of phosphoric ester groups is 2. The number of rotatable bonds is 37. The Balaban J connectivity index is 5.01. The zero-order chi connectivity index (χ0) is 41.4. The van der Waals surface area contributed by atoms with E-state index in [0.717, 1.165) is 70.6 Å². The molecule has 0 aromatic heterocycles. The average molecular weight is 835 g/mol. The number of phosphoric acid groups is 2. The van der Waals surface area contributed by atoms with Crippen molar-refractivity contribution in [2.75, 3.05) is 39.6 Å². The molecule has 0 heterocycles. The van der Waals surface area contributed by atoms with Crippen LogP contribution in [-0.4, -0.2) is 96.7 Å². The fourth-order valence-electron chi connectivity index (χ4n) is 4.66. The summed E-state index contributed by atoms with van der Waals surface area (Å²) in [6.45, 7) is 4.01. The highest BCUT2D eigenvalue weighted by atomic mass is 31.2. The van der Waals surface area contributed by atoms with Crippen molar-refractivity contribution in [1.82, 2.24) is 0 Å². The summed E-state index contributed by atoms with van der Waals surface area (Å²) >= 11 is 0. The Morgan fingerprint density at radius 3 is 1.18 bits per heavy atom. The van der Waals surface area contributed by atoms with Gasteiger partial charge in [0.05, 0.1) is 26.4 Å². The first kappa shape index (κ1) is 53.1. The molecule has 0 spiro atoms. The van der Waals surface area contributed by atoms with Gasteiger partial charge in [0.25, 0.3) is 0 Å². The lowest BCUT2D eigenvalue weighted by molar-refractivity contribution is -0.161. The molecule has 0 aromatic rings. The summed E-state index contributed by atoms with van der Waals surface area (Å²) in [5, 5.41) is 10.2. The third kappa shape index (κ3) is 32.8. The highest BCUT2D eigenvalue weighted by molar-refractivity contribution is 7.47. The number of carbonyl (C=O) groups excluding carboxylic acids is 4. The SMILES string of the molecule is CCCCCCCCC(=O)O[C@H](COC(=O)CCCCC)COP(=O)(O)OC[C@H](O)COP(=O)(O)OC[C@@H](COC(=O)CCCCCC)OC(=O)CCCC. The Bertz CT molecular complexity index is 1140. The number of unbranched alkanes of at least 4 members (excludes halogenated alkanes) is 11. The van der Waals surface area contributed by atoms with Crippen LogP contribution >= 0.6 is 15.6 Å². The summed E-state index contributed by atoms with van der Waals surface area (Å²) in [4.78, 5) is 69.2. The van der Waals surface area contributed by atoms with Gasteiger partial charge in [-0.1, -0.05) is 98.3 Å². The van der Waals surface area contributed by atoms with Crippen LogP contribution in [0.5, 0.6) is 0 Å². The van der Waals surface area contributed by atoms with Crippen LogP contribution < -0.4 is 0 Å². The van der Waals surface area contributed by atoms with Gasteiger partial charge < -0.3 is 33.8 Å². The number of hydrogen-bond donors (Lipinski definition) is 3. The molecular formula is C36H68O17P2. The quantitative estimate of drug-likeness (QED) is 0.0247. The fourth-order valence-corrected chi connectivity index (χ4v) is 6.24. The molecule has 55 heavy (non-hydrogen) atoms. The van der Waals surface area contributed by atoms with Gasteiger partial charge in [-0.25, -0.2) is 9.13 Å². The molecule has 3 N–H and O–H groups in total. The van der Waals surface area contributed by atoms with Gasteiger partial charge >= 0.3 is 39.5 Å². The number of hydrogen-bond acceptors (Lipinski definition) is 15. The molecule has 0 aromatic carbocycles. The average Bonchev–Trinajstić information content (AvgIpc) is 3.14. The maximum Gasteiger partial charge on any atom is 0.472 e. The van der Waals surface area contributed by atoms with E-state index in [-0.39, 0.29) is 25.7 Å². The van der Waals surface area contributed by atoms with Crippen LogP contribution in [0.4, 0.5) is 0 Å². The van der Waals surface area contributed by atoms with Crippen molar-refractivity contribution in [3.8, 4) is 0 Å². The first-order valence-corrected chi connectivity index (χ1v) is 22.8. The molecule has 0 saturated carbocycles. The Kier molecular flexibility index (Phi) is 31.9. The lowest BCUT2D eigenvalue weighted by atomic mass is 10.1. The topological polar surface area (TPSA) is 237 Å². The largest absolute Gasteiger partial charge is 0.472 e. The first-order chi connectivity index (χ1) is 26.2. The minimum Gasteiger partial charge on any atom is -0.462 e. The van der Waals surface area contributed by atoms with Crippen molar-refractivity contribution < 1.29 is 80.2 Å². The monoisotopic (exact) mass is 834 g/mol. The van der Waals surface area contributed by atoms with Gasteiger partial charge in [-0.05, 0) is 25.7 Å². The van der Waals surface area contributed by atoms with E-state index >= 15 is 0 Å². The highest BCUT2D eigenvalue weighted by Gasteiger charge is 2.30. The van der Waals surface area contributed by atoms with Crippen molar-refractivity contribution in [2.24, 2.45) is 0 Å². The molecule has 0 amide bonds. The second-order valence-electron chi connectivity index (χ2n) is 13.3. The van der Waals surface area contributed by atoms with E-state index in [4.69, 9.17) is 37.0 Å². The zero-order valence-corrected chi connectivity index (χ0v) is 35.2. The molecule has 0 saturated heterocycles. The molecule has 5 atom stereocenters. The fraction of sp³-hybridized carbons (Fsp3) is 0.889. The molecule has 0 aliphatic rings. The lowest BCUT2D eigenvalue weighted by Gasteiger charge is -2.21. The number of ether oxygens (including phenoxy) is 4. The van der Waals surface area contributed by atoms with Crippen LogP contribution in [0, 0.1) is 0 Å². The molecular weight excluding hydrogens is 766 g/mol. The zero-order valence-electron chi connectivity index (χ0n) is 33.4. The van der Waals surface area contributed by atoms with Gasteiger partial charge in [0, 0.05) is 25.7 Å². The van der Waals surface area contributed by atoms with E-state index in [1.807, 2.05) is 20.8 Å². The van der Waals surface area contributed by atoms with Crippen LogP contribution in [0.15, 0.2) is 0 Å². The Hall–Kier alpha value is -1.94. The molecule has 0 bridgehead atoms. The lowest BCUT2D eigenvalue weighted by Crippen LogP contribution is -2.30. The van der Waals surface area contributed by atoms with Gasteiger partial charge in [-0.3, -0.25) is 37.3 Å². The van der Waals surface area contributed by atoms with Crippen molar-refractivity contribution in [2.45, 2.75) is 168 Å². The second-order valence-corrected chi connectivity index (χ2v) is 16.2. The van der Waals surface area contributed by atoms with Crippen molar-refractivity contribution >= 4 is 39.5 Å². The Morgan fingerprint density at radius 1 is 0.436 bits per heavy atom. The van der Waals surface area contributed by atoms with E-state index in [1.54, 1.807) is 0 Å². The summed E-state index contributed by atoms with van der Waals surface area (Å²) in [7, 11) is -9.77. The first-order valence-electron chi connectivity index (χ1n) is 19.8. The minimum absolute atomic E-state index is 0.0769. The summed E-state index contributed by atoms with van der Waals surface area (Å²) in [6, 6.07) is 0. The molecule has 0 rings (SSSR count). The second kappa shape index (κ2) is 33.1. The summed E-state index contributed by atoms with van der Waals surface area (Å²) in [5.41, 5.74) is 0. The Labute approximate surface area is 327 Å². The van der Waals surface area contributed by atoms with Gasteiger partial charge in [0.1, 0.15) is 19.3 Å². The van der Waals surface area contributed by atoms with Crippen LogP contribution in [0.3, 0.4) is 0 Å². The van der Waals surface area contributed by atoms with E-state index in [2.05, 4.69) is 6.92 Å². The van der Waals surface area contributed by atoms with E-state index in [1.165, 1.54) is 0 Å². The van der Waals surface area contributed by atoms with Crippen LogP contribution in [0.1, 0.15) is 150 Å². The standard InChI is InChI=1S/C36H68O17P2/c1-5-9-13-15-16-19-23-36(41)53-32(27-46-33(38)21-17-11-7-3)29-51-55(44,45)49-25-30(37)24-48-54(42,43)50-28-31(52-35(40)20-12-8-4)26-47-34(39)22-18-14-10-6-2/h30-32,37H,5-29H2,1-4H3,(H,42,43)(H,44,45)/t30-,31-,32-/m1/s1. The van der Waals surface area contributed by atoms with E-state index < -0.39 is 97.5 Å². The maximum absolute atomic E-state index is 12.6. The molecule has 0 aliphatic heterocycles. The van der Waals surface area contributed by atoms with E-state index in [0.29, 0.717) is 25.7 Å². The molecule has 0 aliphatic carbocycles. The normalized spacial score (nSPS) is 15.3. The molecule has 19 heteroatoms. The van der Waals surface area contributed by atoms with E-state index in [9.17, 15) is 43.2 Å². The predicted molar refractivity (Wildman–Crippen MR) is 202 cm³/mol. The van der Waals surface area contributed by atoms with Crippen molar-refractivity contribution in [3.63, 3.8) is 0 Å². The molecule has 0 fully saturated rings. The molecule has 17 nitrogen and oxygen atoms in total. The van der Waals surface area contributed by atoms with Gasteiger partial charge in [-0.15, -0.1) is 0 Å². The molecule has 324 valence electrons. The third-order valence-corrected chi connectivity index (χ3v) is 9.75. The minimum atomic E-state index is -4.89. The summed E-state index contributed by atoms with van der Waals surface area (Å²) in [5.74, 6) is -2.26. The number of aliphatic hydroxyl groups excluding tert-OH is 1. The van der Waals surface area contributed by atoms with Gasteiger partial charge in [-0.2, -0.15) is 0 Å².